The monoisotopic (exact) mass is 267 g/mol. The first kappa shape index (κ1) is 16.1. The van der Waals surface area contributed by atoms with Crippen molar-refractivity contribution in [3.05, 3.63) is 28.8 Å². The molecule has 0 aliphatic rings. The highest BCUT2D eigenvalue weighted by atomic mass is 35.5. The lowest BCUT2D eigenvalue weighted by Crippen LogP contribution is -2.37. The molecule has 0 bridgehead atoms. The first-order valence-electron chi connectivity index (χ1n) is 4.84. The topological polar surface area (TPSA) is 66.5 Å². The van der Waals surface area contributed by atoms with E-state index in [0.29, 0.717) is 11.1 Å². The van der Waals surface area contributed by atoms with Crippen molar-refractivity contribution in [1.82, 2.24) is 0 Å². The molecule has 1 aromatic carbocycles. The third kappa shape index (κ3) is 3.28. The van der Waals surface area contributed by atoms with Crippen LogP contribution in [0.1, 0.15) is 22.7 Å². The third-order valence-electron chi connectivity index (χ3n) is 2.56. The fourth-order valence-corrected chi connectivity index (χ4v) is 1.75. The van der Waals surface area contributed by atoms with Gasteiger partial charge in [0, 0.05) is 0 Å². The molecule has 1 rings (SSSR count). The summed E-state index contributed by atoms with van der Waals surface area (Å²) in [7, 11) is 0. The first-order chi connectivity index (χ1) is 7.29. The number of hydrogen-bond acceptors (Lipinski definition) is 3. The second-order valence-electron chi connectivity index (χ2n) is 3.89. The normalized spacial score (nSPS) is 13.1. The number of benzene rings is 1. The molecule has 4 N–H and O–H groups in total. The Bertz CT molecular complexity index is 376. The van der Waals surface area contributed by atoms with Crippen LogP contribution in [0.2, 0.25) is 0 Å². The molecule has 3 nitrogen and oxygen atoms in total. The summed E-state index contributed by atoms with van der Waals surface area (Å²) in [6, 6.07) is 1.17. The van der Waals surface area contributed by atoms with Gasteiger partial charge >= 0.3 is 0 Å². The fourth-order valence-electron chi connectivity index (χ4n) is 1.75. The van der Waals surface area contributed by atoms with E-state index < -0.39 is 18.6 Å². The Balaban J connectivity index is 0.00000256. The zero-order valence-corrected chi connectivity index (χ0v) is 10.4. The van der Waals surface area contributed by atoms with Crippen LogP contribution in [0.15, 0.2) is 12.1 Å². The van der Waals surface area contributed by atoms with Gasteiger partial charge in [-0.1, -0.05) is 0 Å². The lowest BCUT2D eigenvalue weighted by atomic mass is 9.92. The van der Waals surface area contributed by atoms with Crippen molar-refractivity contribution >= 4 is 12.4 Å². The standard InChI is InChI=1S/C11H15F2NO2.ClH/c1-6-3-8(16)4-7(2)9(6)10(14)11(12,13)5-15;/h3-4,10,15-16H,5,14H2,1-2H3;1H/t10-;/m0./s1. The maximum absolute atomic E-state index is 13.3. The zero-order valence-electron chi connectivity index (χ0n) is 9.58. The van der Waals surface area contributed by atoms with Gasteiger partial charge in [-0.3, -0.25) is 0 Å². The molecule has 6 heteroatoms. The van der Waals surface area contributed by atoms with Crippen LogP contribution in [0.25, 0.3) is 0 Å². The van der Waals surface area contributed by atoms with Crippen molar-refractivity contribution in [3.8, 4) is 5.75 Å². The maximum atomic E-state index is 13.3. The average molecular weight is 268 g/mol. The molecule has 1 aromatic rings. The van der Waals surface area contributed by atoms with Crippen LogP contribution in [-0.2, 0) is 0 Å². The zero-order chi connectivity index (χ0) is 12.5. The highest BCUT2D eigenvalue weighted by molar-refractivity contribution is 5.85. The van der Waals surface area contributed by atoms with Gasteiger partial charge in [-0.05, 0) is 42.7 Å². The first-order valence-corrected chi connectivity index (χ1v) is 4.84. The quantitative estimate of drug-likeness (QED) is 0.785. The van der Waals surface area contributed by atoms with E-state index in [4.69, 9.17) is 10.8 Å². The van der Waals surface area contributed by atoms with Crippen LogP contribution in [0, 0.1) is 13.8 Å². The predicted molar refractivity (Wildman–Crippen MR) is 63.8 cm³/mol. The molecule has 0 saturated carbocycles. The van der Waals surface area contributed by atoms with Gasteiger partial charge in [0.15, 0.2) is 0 Å². The number of aryl methyl sites for hydroxylation is 2. The molecular weight excluding hydrogens is 252 g/mol. The summed E-state index contributed by atoms with van der Waals surface area (Å²) >= 11 is 0. The second kappa shape index (κ2) is 5.62. The van der Waals surface area contributed by atoms with E-state index in [0.717, 1.165) is 0 Å². The molecule has 0 spiro atoms. The van der Waals surface area contributed by atoms with E-state index in [1.54, 1.807) is 13.8 Å². The molecule has 0 radical (unpaired) electrons. The molecule has 0 aromatic heterocycles. The van der Waals surface area contributed by atoms with Crippen molar-refractivity contribution in [2.75, 3.05) is 6.61 Å². The lowest BCUT2D eigenvalue weighted by Gasteiger charge is -2.24. The molecule has 0 unspecified atom stereocenters. The van der Waals surface area contributed by atoms with E-state index in [9.17, 15) is 13.9 Å². The lowest BCUT2D eigenvalue weighted by molar-refractivity contribution is -0.0714. The fraction of sp³-hybridized carbons (Fsp3) is 0.455. The largest absolute Gasteiger partial charge is 0.508 e. The molecule has 0 aliphatic carbocycles. The molecule has 0 fully saturated rings. The number of nitrogens with two attached hydrogens (primary N) is 1. The number of aliphatic hydroxyl groups excluding tert-OH is 1. The van der Waals surface area contributed by atoms with Gasteiger partial charge in [0.05, 0.1) is 6.04 Å². The number of aliphatic hydroxyl groups is 1. The molecule has 0 saturated heterocycles. The van der Waals surface area contributed by atoms with Gasteiger partial charge in [0.25, 0.3) is 5.92 Å². The Kier molecular flexibility index (Phi) is 5.32. The number of phenolic OH excluding ortho intramolecular Hbond substituents is 1. The predicted octanol–water partition coefficient (Wildman–Crippen LogP) is 2.06. The number of rotatable bonds is 3. The summed E-state index contributed by atoms with van der Waals surface area (Å²) in [4.78, 5) is 0. The van der Waals surface area contributed by atoms with Gasteiger partial charge in [0.2, 0.25) is 0 Å². The molecule has 0 amide bonds. The van der Waals surface area contributed by atoms with Gasteiger partial charge in [-0.15, -0.1) is 12.4 Å². The Morgan fingerprint density at radius 1 is 1.29 bits per heavy atom. The molecule has 0 heterocycles. The smallest absolute Gasteiger partial charge is 0.289 e. The highest BCUT2D eigenvalue weighted by Crippen LogP contribution is 2.34. The molecule has 0 aliphatic heterocycles. The number of halogens is 3. The Hall–Kier alpha value is -0.910. The minimum Gasteiger partial charge on any atom is -0.508 e. The van der Waals surface area contributed by atoms with E-state index >= 15 is 0 Å². The number of aromatic hydroxyl groups is 1. The molecule has 17 heavy (non-hydrogen) atoms. The summed E-state index contributed by atoms with van der Waals surface area (Å²) in [6.45, 7) is 1.89. The molecule has 1 atom stereocenters. The van der Waals surface area contributed by atoms with Crippen LogP contribution >= 0.6 is 12.4 Å². The number of hydrogen-bond donors (Lipinski definition) is 3. The van der Waals surface area contributed by atoms with Crippen molar-refractivity contribution in [2.24, 2.45) is 5.73 Å². The van der Waals surface area contributed by atoms with Crippen molar-refractivity contribution in [3.63, 3.8) is 0 Å². The van der Waals surface area contributed by atoms with Crippen molar-refractivity contribution in [1.29, 1.82) is 0 Å². The van der Waals surface area contributed by atoms with Crippen molar-refractivity contribution in [2.45, 2.75) is 25.8 Å². The van der Waals surface area contributed by atoms with Gasteiger partial charge in [0.1, 0.15) is 12.4 Å². The molecule has 98 valence electrons. The maximum Gasteiger partial charge on any atom is 0.289 e. The number of alkyl halides is 2. The van der Waals surface area contributed by atoms with E-state index in [2.05, 4.69) is 0 Å². The van der Waals surface area contributed by atoms with Gasteiger partial charge in [-0.2, -0.15) is 0 Å². The van der Waals surface area contributed by atoms with Gasteiger partial charge in [-0.25, -0.2) is 8.78 Å². The van der Waals surface area contributed by atoms with Crippen LogP contribution in [0.5, 0.6) is 5.75 Å². The van der Waals surface area contributed by atoms with Crippen LogP contribution in [0.3, 0.4) is 0 Å². The summed E-state index contributed by atoms with van der Waals surface area (Å²) in [5, 5.41) is 17.9. The van der Waals surface area contributed by atoms with E-state index in [1.165, 1.54) is 12.1 Å². The Morgan fingerprint density at radius 3 is 2.06 bits per heavy atom. The Labute approximate surface area is 105 Å². The van der Waals surface area contributed by atoms with E-state index in [1.807, 2.05) is 0 Å². The minimum atomic E-state index is -3.37. The summed E-state index contributed by atoms with van der Waals surface area (Å²) in [5.41, 5.74) is 6.67. The van der Waals surface area contributed by atoms with Crippen LogP contribution in [-0.4, -0.2) is 22.7 Å². The third-order valence-corrected chi connectivity index (χ3v) is 2.56. The second-order valence-corrected chi connectivity index (χ2v) is 3.89. The average Bonchev–Trinajstić information content (AvgIpc) is 2.15. The summed E-state index contributed by atoms with van der Waals surface area (Å²) in [6.07, 6.45) is 0. The van der Waals surface area contributed by atoms with Gasteiger partial charge < -0.3 is 15.9 Å². The Morgan fingerprint density at radius 2 is 1.71 bits per heavy atom. The van der Waals surface area contributed by atoms with Crippen molar-refractivity contribution < 1.29 is 19.0 Å². The SMILES string of the molecule is Cc1cc(O)cc(C)c1[C@H](N)C(F)(F)CO.Cl. The number of phenols is 1. The molecular formula is C11H16ClF2NO2. The summed E-state index contributed by atoms with van der Waals surface area (Å²) < 4.78 is 26.5. The van der Waals surface area contributed by atoms with Crippen LogP contribution < -0.4 is 5.73 Å². The minimum absolute atomic E-state index is 0. The van der Waals surface area contributed by atoms with Crippen LogP contribution in [0.4, 0.5) is 8.78 Å². The van der Waals surface area contributed by atoms with E-state index in [-0.39, 0.29) is 23.7 Å². The summed E-state index contributed by atoms with van der Waals surface area (Å²) in [5.74, 6) is -3.36. The highest BCUT2D eigenvalue weighted by Gasteiger charge is 2.38.